The Morgan fingerprint density at radius 2 is 2.64 bits per heavy atom. The van der Waals surface area contributed by atoms with E-state index in [2.05, 4.69) is 20.8 Å². The first kappa shape index (κ1) is 10.7. The Labute approximate surface area is 86.9 Å². The summed E-state index contributed by atoms with van der Waals surface area (Å²) in [5.41, 5.74) is 0. The summed E-state index contributed by atoms with van der Waals surface area (Å²) in [5.74, 6) is 2.33. The second kappa shape index (κ2) is 5.35. The molecule has 74 valence electrons. The maximum Gasteiger partial charge on any atom is 0.265 e. The minimum absolute atomic E-state index is 0.198. The number of hydrogen-bond acceptors (Lipinski definition) is 4. The second-order valence-corrected chi connectivity index (χ2v) is 3.55. The number of amides is 1. The van der Waals surface area contributed by atoms with Gasteiger partial charge in [-0.05, 0) is 18.0 Å². The first-order valence-electron chi connectivity index (χ1n) is 4.32. The molecule has 0 aliphatic carbocycles. The van der Waals surface area contributed by atoms with E-state index in [0.29, 0.717) is 4.88 Å². The van der Waals surface area contributed by atoms with Crippen molar-refractivity contribution < 1.29 is 4.79 Å². The topological polar surface area (TPSA) is 54.9 Å². The molecule has 1 aromatic rings. The van der Waals surface area contributed by atoms with Gasteiger partial charge in [0.25, 0.3) is 5.91 Å². The lowest BCUT2D eigenvalue weighted by Gasteiger charge is -2.09. The Balaban J connectivity index is 2.52. The Morgan fingerprint density at radius 3 is 3.14 bits per heavy atom. The quantitative estimate of drug-likeness (QED) is 0.755. The highest BCUT2D eigenvalue weighted by Gasteiger charge is 2.12. The third kappa shape index (κ3) is 2.82. The summed E-state index contributed by atoms with van der Waals surface area (Å²) in [7, 11) is 0. The summed E-state index contributed by atoms with van der Waals surface area (Å²) >= 11 is 1.06. The van der Waals surface area contributed by atoms with Crippen molar-refractivity contribution in [3.05, 3.63) is 11.1 Å². The van der Waals surface area contributed by atoms with Gasteiger partial charge in [0.15, 0.2) is 0 Å². The zero-order chi connectivity index (χ0) is 10.4. The number of terminal acetylenes is 1. The van der Waals surface area contributed by atoms with E-state index in [1.807, 2.05) is 6.92 Å². The maximum atomic E-state index is 11.5. The van der Waals surface area contributed by atoms with Crippen LogP contribution >= 0.6 is 11.5 Å². The Bertz CT molecular complexity index is 328. The molecule has 1 aromatic heterocycles. The van der Waals surface area contributed by atoms with E-state index in [-0.39, 0.29) is 11.9 Å². The summed E-state index contributed by atoms with van der Waals surface area (Å²) in [4.78, 5) is 12.0. The molecule has 1 atom stereocenters. The lowest BCUT2D eigenvalue weighted by molar-refractivity contribution is 0.0948. The van der Waals surface area contributed by atoms with Crippen LogP contribution in [0.15, 0.2) is 6.20 Å². The van der Waals surface area contributed by atoms with Gasteiger partial charge in [0, 0.05) is 0 Å². The third-order valence-corrected chi connectivity index (χ3v) is 2.33. The van der Waals surface area contributed by atoms with Crippen molar-refractivity contribution in [2.45, 2.75) is 25.8 Å². The van der Waals surface area contributed by atoms with Crippen molar-refractivity contribution in [3.63, 3.8) is 0 Å². The highest BCUT2D eigenvalue weighted by Crippen LogP contribution is 2.03. The average Bonchev–Trinajstić information content (AvgIpc) is 2.69. The lowest BCUT2D eigenvalue weighted by Crippen LogP contribution is -2.33. The standard InChI is InChI=1S/C9H11N3OS/c1-3-5-7(4-2)11-9(13)8-6-10-12-14-8/h2,6-7H,3,5H2,1H3,(H,11,13). The molecule has 1 unspecified atom stereocenters. The van der Waals surface area contributed by atoms with E-state index in [4.69, 9.17) is 6.42 Å². The van der Waals surface area contributed by atoms with Crippen molar-refractivity contribution in [2.24, 2.45) is 0 Å². The molecule has 0 aliphatic heterocycles. The van der Waals surface area contributed by atoms with E-state index in [1.54, 1.807) is 0 Å². The number of aromatic nitrogens is 2. The zero-order valence-electron chi connectivity index (χ0n) is 7.86. The summed E-state index contributed by atoms with van der Waals surface area (Å²) in [6.45, 7) is 2.02. The Morgan fingerprint density at radius 1 is 1.86 bits per heavy atom. The van der Waals surface area contributed by atoms with E-state index in [0.717, 1.165) is 24.4 Å². The number of carbonyl (C=O) groups is 1. The SMILES string of the molecule is C#CC(CCC)NC(=O)c1cnns1. The number of nitrogens with one attached hydrogen (secondary N) is 1. The average molecular weight is 209 g/mol. The van der Waals surface area contributed by atoms with Gasteiger partial charge in [-0.2, -0.15) is 0 Å². The van der Waals surface area contributed by atoms with Gasteiger partial charge >= 0.3 is 0 Å². The third-order valence-electron chi connectivity index (χ3n) is 1.67. The van der Waals surface area contributed by atoms with Crippen molar-refractivity contribution in [3.8, 4) is 12.3 Å². The van der Waals surface area contributed by atoms with Gasteiger partial charge in [0.1, 0.15) is 4.88 Å². The van der Waals surface area contributed by atoms with E-state index < -0.39 is 0 Å². The van der Waals surface area contributed by atoms with E-state index in [1.165, 1.54) is 6.20 Å². The molecule has 4 nitrogen and oxygen atoms in total. The number of rotatable bonds is 4. The number of carbonyl (C=O) groups excluding carboxylic acids is 1. The van der Waals surface area contributed by atoms with Crippen LogP contribution in [0.3, 0.4) is 0 Å². The van der Waals surface area contributed by atoms with E-state index in [9.17, 15) is 4.79 Å². The normalized spacial score (nSPS) is 11.7. The molecule has 1 N–H and O–H groups in total. The molecule has 0 aliphatic rings. The molecule has 0 saturated heterocycles. The van der Waals surface area contributed by atoms with Crippen molar-refractivity contribution in [1.29, 1.82) is 0 Å². The predicted octanol–water partition coefficient (Wildman–Crippen LogP) is 1.07. The Kier molecular flexibility index (Phi) is 4.08. The largest absolute Gasteiger partial charge is 0.338 e. The molecule has 1 heterocycles. The molecule has 1 rings (SSSR count). The maximum absolute atomic E-state index is 11.5. The van der Waals surface area contributed by atoms with Gasteiger partial charge in [-0.25, -0.2) is 0 Å². The predicted molar refractivity (Wildman–Crippen MR) is 54.9 cm³/mol. The molecule has 1 amide bonds. The van der Waals surface area contributed by atoms with Crippen LogP contribution in [-0.2, 0) is 0 Å². The lowest BCUT2D eigenvalue weighted by atomic mass is 10.2. The number of hydrogen-bond donors (Lipinski definition) is 1. The minimum atomic E-state index is -0.199. The first-order chi connectivity index (χ1) is 6.77. The molecule has 0 fully saturated rings. The number of nitrogens with zero attached hydrogens (tertiary/aromatic N) is 2. The summed E-state index contributed by atoms with van der Waals surface area (Å²) in [6, 6.07) is -0.199. The summed E-state index contributed by atoms with van der Waals surface area (Å²) in [6.07, 6.45) is 8.42. The van der Waals surface area contributed by atoms with Gasteiger partial charge in [0.2, 0.25) is 0 Å². The molecular formula is C9H11N3OS. The molecule has 0 saturated carbocycles. The van der Waals surface area contributed by atoms with Gasteiger partial charge in [-0.3, -0.25) is 4.79 Å². The van der Waals surface area contributed by atoms with Gasteiger partial charge in [-0.1, -0.05) is 23.8 Å². The van der Waals surface area contributed by atoms with Crippen LogP contribution in [0, 0.1) is 12.3 Å². The molecule has 0 spiro atoms. The van der Waals surface area contributed by atoms with Crippen LogP contribution < -0.4 is 5.32 Å². The van der Waals surface area contributed by atoms with Crippen LogP contribution in [0.25, 0.3) is 0 Å². The zero-order valence-corrected chi connectivity index (χ0v) is 8.67. The summed E-state index contributed by atoms with van der Waals surface area (Å²) in [5, 5.41) is 6.30. The summed E-state index contributed by atoms with van der Waals surface area (Å²) < 4.78 is 3.60. The fourth-order valence-corrected chi connectivity index (χ4v) is 1.40. The first-order valence-corrected chi connectivity index (χ1v) is 5.09. The molecule has 0 radical (unpaired) electrons. The van der Waals surface area contributed by atoms with Crippen LogP contribution in [0.5, 0.6) is 0 Å². The van der Waals surface area contributed by atoms with Crippen LogP contribution in [0.4, 0.5) is 0 Å². The van der Waals surface area contributed by atoms with Crippen molar-refractivity contribution in [1.82, 2.24) is 14.9 Å². The van der Waals surface area contributed by atoms with Crippen molar-refractivity contribution >= 4 is 17.4 Å². The molecule has 0 bridgehead atoms. The van der Waals surface area contributed by atoms with Gasteiger partial charge < -0.3 is 5.32 Å². The van der Waals surface area contributed by atoms with Crippen LogP contribution in [0.2, 0.25) is 0 Å². The van der Waals surface area contributed by atoms with Gasteiger partial charge in [-0.15, -0.1) is 11.5 Å². The van der Waals surface area contributed by atoms with Gasteiger partial charge in [0.05, 0.1) is 12.2 Å². The fraction of sp³-hybridized carbons (Fsp3) is 0.444. The fourth-order valence-electron chi connectivity index (χ4n) is 0.982. The molecule has 14 heavy (non-hydrogen) atoms. The second-order valence-electron chi connectivity index (χ2n) is 2.76. The minimum Gasteiger partial charge on any atom is -0.338 e. The van der Waals surface area contributed by atoms with Crippen LogP contribution in [0.1, 0.15) is 29.4 Å². The van der Waals surface area contributed by atoms with Crippen LogP contribution in [-0.4, -0.2) is 21.5 Å². The van der Waals surface area contributed by atoms with E-state index >= 15 is 0 Å². The molecule has 5 heteroatoms. The smallest absolute Gasteiger partial charge is 0.265 e. The highest BCUT2D eigenvalue weighted by atomic mass is 32.1. The molecular weight excluding hydrogens is 198 g/mol. The monoisotopic (exact) mass is 209 g/mol. The molecule has 0 aromatic carbocycles. The Hall–Kier alpha value is -1.41. The highest BCUT2D eigenvalue weighted by molar-refractivity contribution is 7.07. The van der Waals surface area contributed by atoms with Crippen molar-refractivity contribution in [2.75, 3.05) is 0 Å².